The van der Waals surface area contributed by atoms with E-state index in [1.54, 1.807) is 31.1 Å². The van der Waals surface area contributed by atoms with Gasteiger partial charge in [0.1, 0.15) is 54.2 Å². The van der Waals surface area contributed by atoms with Crippen LogP contribution in [0.25, 0.3) is 55.1 Å². The predicted octanol–water partition coefficient (Wildman–Crippen LogP) is 5.87. The van der Waals surface area contributed by atoms with E-state index in [9.17, 15) is 19.8 Å². The molecule has 3 aliphatic heterocycles. The van der Waals surface area contributed by atoms with E-state index in [-0.39, 0.29) is 62.0 Å². The predicted molar refractivity (Wildman–Crippen MR) is 297 cm³/mol. The van der Waals surface area contributed by atoms with Crippen molar-refractivity contribution in [1.29, 1.82) is 0 Å². The summed E-state index contributed by atoms with van der Waals surface area (Å²) in [4.78, 5) is 42.4. The highest BCUT2D eigenvalue weighted by Crippen LogP contribution is 2.53. The van der Waals surface area contributed by atoms with Gasteiger partial charge in [0.25, 0.3) is 0 Å². The van der Waals surface area contributed by atoms with Crippen LogP contribution in [0.1, 0.15) is 80.7 Å². The SMILES string of the molecule is CO[C@@H](C)COc1nc(N2C[C@@H]3C[C@H]2CN3)c2cc(C3CC3)c(-c3c(C)c(F)cc4[nH]ncc34)c(OCc3ccc(-c4cn([C@H](C(=O)N5C[C@H](O)C[C@H]5C(=O)N[C@H](C#Cc5cccc6nn(C)cc56)CO)C(C)C)nn4)cc3)c2n1. The molecule has 7 heterocycles. The Bertz CT molecular complexity index is 3730. The van der Waals surface area contributed by atoms with Crippen molar-refractivity contribution < 1.29 is 38.4 Å². The van der Waals surface area contributed by atoms with E-state index in [0.29, 0.717) is 45.2 Å². The van der Waals surface area contributed by atoms with Crippen molar-refractivity contribution in [2.24, 2.45) is 13.0 Å². The van der Waals surface area contributed by atoms with Crippen molar-refractivity contribution in [3.05, 3.63) is 101 Å². The Kier molecular flexibility index (Phi) is 14.2. The smallest absolute Gasteiger partial charge is 0.319 e. The number of nitrogens with zero attached hydrogens (tertiary/aromatic N) is 10. The fraction of sp³-hybridized carbons (Fsp3) is 0.424. The number of anilines is 1. The third kappa shape index (κ3) is 10.1. The lowest BCUT2D eigenvalue weighted by Crippen LogP contribution is -2.51. The number of β-amino-alcohol motifs (C(OH)–C–C–N with tert-alkyl or cyclic N) is 1. The zero-order valence-corrected chi connectivity index (χ0v) is 45.5. The van der Waals surface area contributed by atoms with Crippen molar-refractivity contribution in [3.63, 3.8) is 0 Å². The van der Waals surface area contributed by atoms with Gasteiger partial charge in [0, 0.05) is 96.9 Å². The van der Waals surface area contributed by atoms with E-state index in [1.807, 2.05) is 76.5 Å². The van der Waals surface area contributed by atoms with E-state index < -0.39 is 42.7 Å². The second kappa shape index (κ2) is 21.6. The number of fused-ring (bicyclic) bond motifs is 5. The number of aliphatic hydroxyl groups is 2. The van der Waals surface area contributed by atoms with E-state index in [4.69, 9.17) is 24.2 Å². The minimum absolute atomic E-state index is 0.0135. The van der Waals surface area contributed by atoms with E-state index >= 15 is 4.39 Å². The number of likely N-dealkylation sites (tertiary alicyclic amines) is 1. The molecule has 0 spiro atoms. The highest BCUT2D eigenvalue weighted by Gasteiger charge is 2.44. The molecule has 3 saturated heterocycles. The Labute approximate surface area is 461 Å². The molecule has 7 atom stereocenters. The summed E-state index contributed by atoms with van der Waals surface area (Å²) in [5.74, 6) is 5.92. The zero-order chi connectivity index (χ0) is 55.5. The van der Waals surface area contributed by atoms with E-state index in [0.717, 1.165) is 82.1 Å². The van der Waals surface area contributed by atoms with Gasteiger partial charge >= 0.3 is 6.01 Å². The minimum Gasteiger partial charge on any atom is -0.486 e. The number of carbonyl (C=O) groups excluding carboxylic acids is 2. The molecule has 21 heteroatoms. The van der Waals surface area contributed by atoms with Gasteiger partial charge in [-0.15, -0.1) is 5.10 Å². The molecule has 20 nitrogen and oxygen atoms in total. The van der Waals surface area contributed by atoms with Gasteiger partial charge in [-0.3, -0.25) is 19.4 Å². The number of carbonyl (C=O) groups is 2. The van der Waals surface area contributed by atoms with Crippen LogP contribution in [0.3, 0.4) is 0 Å². The summed E-state index contributed by atoms with van der Waals surface area (Å²) in [5, 5.41) is 50.7. The van der Waals surface area contributed by atoms with Crippen LogP contribution >= 0.6 is 0 Å². The number of aromatic amines is 1. The molecule has 0 unspecified atom stereocenters. The number of rotatable bonds is 17. The number of aromatic nitrogens is 9. The lowest BCUT2D eigenvalue weighted by molar-refractivity contribution is -0.142. The highest BCUT2D eigenvalue weighted by molar-refractivity contribution is 6.06. The minimum atomic E-state index is -1.02. The average molecular weight is 1090 g/mol. The Balaban J connectivity index is 0.826. The number of hydrogen-bond acceptors (Lipinski definition) is 15. The van der Waals surface area contributed by atoms with Gasteiger partial charge < -0.3 is 44.9 Å². The molecule has 1 aliphatic carbocycles. The molecule has 4 aromatic carbocycles. The summed E-state index contributed by atoms with van der Waals surface area (Å²) >= 11 is 0. The third-order valence-electron chi connectivity index (χ3n) is 16.0. The van der Waals surface area contributed by atoms with Crippen LogP contribution in [-0.2, 0) is 28.0 Å². The largest absolute Gasteiger partial charge is 0.486 e. The summed E-state index contributed by atoms with van der Waals surface area (Å²) in [7, 11) is 3.45. The molecule has 5 N–H and O–H groups in total. The van der Waals surface area contributed by atoms with Crippen LogP contribution in [0.4, 0.5) is 10.2 Å². The first kappa shape index (κ1) is 52.7. The molecule has 12 rings (SSSR count). The Hall–Kier alpha value is -8.03. The molecule has 2 amide bonds. The number of methoxy groups -OCH3 is 1. The quantitative estimate of drug-likeness (QED) is 0.0671. The molecule has 4 fully saturated rings. The lowest BCUT2D eigenvalue weighted by atomic mass is 9.88. The topological polar surface area (TPSA) is 236 Å². The van der Waals surface area contributed by atoms with Crippen molar-refractivity contribution in [1.82, 2.24) is 60.5 Å². The number of piperazine rings is 1. The summed E-state index contributed by atoms with van der Waals surface area (Å²) in [6, 6.07) is 14.9. The fourth-order valence-electron chi connectivity index (χ4n) is 11.7. The number of aliphatic hydroxyl groups excluding tert-OH is 2. The molecule has 4 aromatic heterocycles. The molecule has 80 heavy (non-hydrogen) atoms. The van der Waals surface area contributed by atoms with Crippen LogP contribution in [0.2, 0.25) is 0 Å². The summed E-state index contributed by atoms with van der Waals surface area (Å²) < 4.78 is 38.2. The standard InChI is InChI=1S/C59H64FN13O7/c1-31(2)54(58(77)72-25-41(75)19-50(72)57(76)63-38(28-74)17-16-35-8-7-9-47-45(35)26-70(5)68-47)73-27-49(67-69-73)37-12-10-34(11-13-37)30-79-55-52(51-33(4)46(60)21-48-44(51)23-62-66-48)42(36-14-15-36)20-43-53(55)64-59(80-29-32(3)78-6)65-56(43)71-24-39-18-40(71)22-61-39/h7-13,20-21,23,26-27,31-32,36,38-41,50,54,61,74-75H,14-15,18-19,22,24-25,28-30H2,1-6H3,(H,62,66)(H,63,76)/t32-,38+,39-,40-,41+,50-,54-/m0/s1. The molecule has 414 valence electrons. The normalized spacial score (nSPS) is 20.0. The summed E-state index contributed by atoms with van der Waals surface area (Å²) in [6.45, 7) is 8.94. The average Bonchev–Trinajstić information content (AvgIpc) is 4.20. The second-order valence-electron chi connectivity index (χ2n) is 22.1. The number of amides is 2. The van der Waals surface area contributed by atoms with Gasteiger partial charge in [0.15, 0.2) is 5.75 Å². The number of H-pyrrole nitrogens is 1. The summed E-state index contributed by atoms with van der Waals surface area (Å²) in [6.07, 6.45) is 7.09. The zero-order valence-electron chi connectivity index (χ0n) is 45.5. The van der Waals surface area contributed by atoms with Gasteiger partial charge in [-0.1, -0.05) is 61.2 Å². The van der Waals surface area contributed by atoms with Crippen LogP contribution in [-0.4, -0.2) is 148 Å². The summed E-state index contributed by atoms with van der Waals surface area (Å²) in [5.41, 5.74) is 7.63. The molecule has 0 radical (unpaired) electrons. The fourth-order valence-corrected chi connectivity index (χ4v) is 11.7. The first-order valence-electron chi connectivity index (χ1n) is 27.4. The van der Waals surface area contributed by atoms with Gasteiger partial charge in [-0.05, 0) is 85.9 Å². The van der Waals surface area contributed by atoms with Crippen LogP contribution in [0.5, 0.6) is 11.8 Å². The number of nitrogens with one attached hydrogen (secondary N) is 3. The molecule has 4 aliphatic rings. The number of benzene rings is 4. The Morgan fingerprint density at radius 1 is 0.988 bits per heavy atom. The maximum atomic E-state index is 16.1. The number of halogens is 1. The lowest BCUT2D eigenvalue weighted by Gasteiger charge is -2.30. The second-order valence-corrected chi connectivity index (χ2v) is 22.1. The first-order chi connectivity index (χ1) is 38.7. The van der Waals surface area contributed by atoms with Gasteiger partial charge in [-0.2, -0.15) is 20.2 Å². The molecular formula is C59H64FN13O7. The Morgan fingerprint density at radius 2 is 1.81 bits per heavy atom. The number of hydrogen-bond donors (Lipinski definition) is 5. The van der Waals surface area contributed by atoms with Crippen molar-refractivity contribution in [2.75, 3.05) is 44.9 Å². The number of ether oxygens (including phenoxy) is 3. The molecule has 2 bridgehead atoms. The van der Waals surface area contributed by atoms with Crippen molar-refractivity contribution >= 4 is 50.3 Å². The Morgan fingerprint density at radius 3 is 2.55 bits per heavy atom. The van der Waals surface area contributed by atoms with Gasteiger partial charge in [0.05, 0.1) is 42.2 Å². The molecular weight excluding hydrogens is 1020 g/mol. The number of aryl methyl sites for hydroxylation is 1. The first-order valence-corrected chi connectivity index (χ1v) is 27.4. The van der Waals surface area contributed by atoms with Crippen LogP contribution in [0.15, 0.2) is 73.2 Å². The maximum Gasteiger partial charge on any atom is 0.319 e. The van der Waals surface area contributed by atoms with Crippen molar-refractivity contribution in [2.45, 2.75) is 108 Å². The van der Waals surface area contributed by atoms with Crippen LogP contribution in [0, 0.1) is 30.5 Å². The van der Waals surface area contributed by atoms with E-state index in [2.05, 4.69) is 59.0 Å². The van der Waals surface area contributed by atoms with Crippen molar-refractivity contribution in [3.8, 4) is 46.0 Å². The molecule has 1 saturated carbocycles. The van der Waals surface area contributed by atoms with E-state index in [1.165, 1.54) is 15.6 Å². The monoisotopic (exact) mass is 1090 g/mol. The molecule has 8 aromatic rings. The highest BCUT2D eigenvalue weighted by atomic mass is 19.1. The van der Waals surface area contributed by atoms with Gasteiger partial charge in [-0.25, -0.2) is 9.07 Å². The third-order valence-corrected chi connectivity index (χ3v) is 16.0. The van der Waals surface area contributed by atoms with Gasteiger partial charge in [0.2, 0.25) is 11.8 Å². The maximum absolute atomic E-state index is 16.1. The van der Waals surface area contributed by atoms with Crippen LogP contribution < -0.4 is 25.0 Å².